The van der Waals surface area contributed by atoms with Crippen molar-refractivity contribution in [2.24, 2.45) is 0 Å². The summed E-state index contributed by atoms with van der Waals surface area (Å²) < 4.78 is 1.17. The number of carboxylic acids is 1. The SMILES string of the molecule is O=C(O)c1cc(SCc2sc3ccccc3c2Cl)ccn1. The summed E-state index contributed by atoms with van der Waals surface area (Å²) in [5.74, 6) is -0.307. The molecule has 0 spiro atoms. The van der Waals surface area contributed by atoms with Crippen LogP contribution in [-0.4, -0.2) is 16.1 Å². The Bertz CT molecular complexity index is 816. The zero-order valence-corrected chi connectivity index (χ0v) is 13.1. The second-order valence-corrected chi connectivity index (χ2v) is 6.87. The molecule has 0 radical (unpaired) electrons. The first kappa shape index (κ1) is 14.4. The number of fused-ring (bicyclic) bond motifs is 1. The summed E-state index contributed by atoms with van der Waals surface area (Å²) in [6.07, 6.45) is 1.51. The maximum Gasteiger partial charge on any atom is 0.354 e. The van der Waals surface area contributed by atoms with Crippen LogP contribution in [0, 0.1) is 0 Å². The van der Waals surface area contributed by atoms with E-state index >= 15 is 0 Å². The highest BCUT2D eigenvalue weighted by atomic mass is 35.5. The summed E-state index contributed by atoms with van der Waals surface area (Å²) in [5.41, 5.74) is 0.0578. The smallest absolute Gasteiger partial charge is 0.354 e. The van der Waals surface area contributed by atoms with Crippen molar-refractivity contribution in [2.75, 3.05) is 0 Å². The van der Waals surface area contributed by atoms with Crippen LogP contribution >= 0.6 is 34.7 Å². The van der Waals surface area contributed by atoms with E-state index in [1.165, 1.54) is 10.9 Å². The highest BCUT2D eigenvalue weighted by molar-refractivity contribution is 7.98. The summed E-state index contributed by atoms with van der Waals surface area (Å²) in [6.45, 7) is 0. The molecule has 0 aliphatic rings. The first-order valence-corrected chi connectivity index (χ1v) is 8.31. The van der Waals surface area contributed by atoms with Gasteiger partial charge in [-0.05, 0) is 18.2 Å². The van der Waals surface area contributed by atoms with Gasteiger partial charge in [0.2, 0.25) is 0 Å². The molecule has 0 atom stereocenters. The van der Waals surface area contributed by atoms with Crippen LogP contribution in [0.15, 0.2) is 47.5 Å². The number of carboxylic acid groups (broad SMARTS) is 1. The molecule has 3 aromatic rings. The van der Waals surface area contributed by atoms with E-state index < -0.39 is 5.97 Å². The molecule has 0 amide bonds. The van der Waals surface area contributed by atoms with Crippen LogP contribution < -0.4 is 0 Å². The van der Waals surface area contributed by atoms with Crippen molar-refractivity contribution in [3.8, 4) is 0 Å². The van der Waals surface area contributed by atoms with E-state index in [0.717, 1.165) is 20.2 Å². The van der Waals surface area contributed by atoms with Gasteiger partial charge in [0, 0.05) is 31.8 Å². The maximum atomic E-state index is 10.9. The Kier molecular flexibility index (Phi) is 4.14. The lowest BCUT2D eigenvalue weighted by Gasteiger charge is -2.01. The fourth-order valence-corrected chi connectivity index (χ4v) is 4.51. The van der Waals surface area contributed by atoms with Gasteiger partial charge in [-0.15, -0.1) is 23.1 Å². The summed E-state index contributed by atoms with van der Waals surface area (Å²) in [4.78, 5) is 16.7. The first-order chi connectivity index (χ1) is 10.1. The number of aromatic nitrogens is 1. The van der Waals surface area contributed by atoms with Crippen molar-refractivity contribution in [1.82, 2.24) is 4.98 Å². The fraction of sp³-hybridized carbons (Fsp3) is 0.0667. The van der Waals surface area contributed by atoms with E-state index in [1.54, 1.807) is 35.2 Å². The van der Waals surface area contributed by atoms with Gasteiger partial charge in [-0.1, -0.05) is 29.8 Å². The lowest BCUT2D eigenvalue weighted by atomic mass is 10.2. The molecular weight excluding hydrogens is 326 g/mol. The van der Waals surface area contributed by atoms with E-state index in [4.69, 9.17) is 16.7 Å². The van der Waals surface area contributed by atoms with Gasteiger partial charge >= 0.3 is 5.97 Å². The van der Waals surface area contributed by atoms with Crippen LogP contribution in [-0.2, 0) is 5.75 Å². The third kappa shape index (κ3) is 3.05. The van der Waals surface area contributed by atoms with Crippen molar-refractivity contribution in [3.05, 3.63) is 58.2 Å². The highest BCUT2D eigenvalue weighted by Gasteiger charge is 2.11. The zero-order chi connectivity index (χ0) is 14.8. The highest BCUT2D eigenvalue weighted by Crippen LogP contribution is 2.38. The van der Waals surface area contributed by atoms with Gasteiger partial charge in [0.1, 0.15) is 5.69 Å². The molecular formula is C15H10ClNO2S2. The molecule has 3 nitrogen and oxygen atoms in total. The summed E-state index contributed by atoms with van der Waals surface area (Å²) in [6, 6.07) is 11.4. The standard InChI is InChI=1S/C15H10ClNO2S2/c16-14-10-3-1-2-4-12(10)21-13(14)8-20-9-5-6-17-11(7-9)15(18)19/h1-7H,8H2,(H,18,19). The number of pyridine rings is 1. The monoisotopic (exact) mass is 335 g/mol. The molecule has 3 rings (SSSR count). The number of thiophene rings is 1. The number of hydrogen-bond donors (Lipinski definition) is 1. The number of hydrogen-bond acceptors (Lipinski definition) is 4. The number of thioether (sulfide) groups is 1. The molecule has 2 heterocycles. The Morgan fingerprint density at radius 2 is 2.14 bits per heavy atom. The maximum absolute atomic E-state index is 10.9. The number of halogens is 1. The van der Waals surface area contributed by atoms with Crippen LogP contribution in [0.25, 0.3) is 10.1 Å². The van der Waals surface area contributed by atoms with Gasteiger partial charge < -0.3 is 5.11 Å². The van der Waals surface area contributed by atoms with Gasteiger partial charge in [0.15, 0.2) is 0 Å². The molecule has 0 aliphatic carbocycles. The molecule has 0 saturated carbocycles. The molecule has 21 heavy (non-hydrogen) atoms. The third-order valence-corrected chi connectivity index (χ3v) is 5.84. The van der Waals surface area contributed by atoms with Crippen LogP contribution in [0.3, 0.4) is 0 Å². The van der Waals surface area contributed by atoms with Gasteiger partial charge in [-0.25, -0.2) is 9.78 Å². The zero-order valence-electron chi connectivity index (χ0n) is 10.7. The molecule has 0 saturated heterocycles. The van der Waals surface area contributed by atoms with Crippen LogP contribution in [0.2, 0.25) is 5.02 Å². The quantitative estimate of drug-likeness (QED) is 0.686. The van der Waals surface area contributed by atoms with Crippen LogP contribution in [0.5, 0.6) is 0 Å². The van der Waals surface area contributed by atoms with Gasteiger partial charge in [0.25, 0.3) is 0 Å². The Hall–Kier alpha value is -1.56. The van der Waals surface area contributed by atoms with E-state index in [2.05, 4.69) is 11.1 Å². The van der Waals surface area contributed by atoms with E-state index in [1.807, 2.05) is 18.2 Å². The number of rotatable bonds is 4. The largest absolute Gasteiger partial charge is 0.477 e. The summed E-state index contributed by atoms with van der Waals surface area (Å²) in [5, 5.41) is 10.8. The Morgan fingerprint density at radius 1 is 1.33 bits per heavy atom. The minimum absolute atomic E-state index is 0.0578. The Morgan fingerprint density at radius 3 is 2.90 bits per heavy atom. The van der Waals surface area contributed by atoms with E-state index in [-0.39, 0.29) is 5.69 Å². The van der Waals surface area contributed by atoms with Crippen molar-refractivity contribution in [1.29, 1.82) is 0 Å². The lowest BCUT2D eigenvalue weighted by Crippen LogP contribution is -1.99. The lowest BCUT2D eigenvalue weighted by molar-refractivity contribution is 0.0690. The predicted molar refractivity (Wildman–Crippen MR) is 87.6 cm³/mol. The normalized spacial score (nSPS) is 10.9. The fourth-order valence-electron chi connectivity index (χ4n) is 1.92. The molecule has 0 unspecified atom stereocenters. The Labute approximate surface area is 134 Å². The molecule has 0 fully saturated rings. The number of aromatic carboxylic acids is 1. The number of nitrogens with zero attached hydrogens (tertiary/aromatic N) is 1. The average molecular weight is 336 g/mol. The number of benzene rings is 1. The summed E-state index contributed by atoms with van der Waals surface area (Å²) >= 11 is 9.62. The van der Waals surface area contributed by atoms with E-state index in [9.17, 15) is 4.79 Å². The molecule has 1 aromatic carbocycles. The minimum atomic E-state index is -1.02. The molecule has 0 aliphatic heterocycles. The minimum Gasteiger partial charge on any atom is -0.477 e. The number of carbonyl (C=O) groups is 1. The van der Waals surface area contributed by atoms with Crippen molar-refractivity contribution >= 4 is 50.8 Å². The third-order valence-electron chi connectivity index (χ3n) is 2.92. The first-order valence-electron chi connectivity index (χ1n) is 6.13. The van der Waals surface area contributed by atoms with Gasteiger partial charge in [-0.2, -0.15) is 0 Å². The predicted octanol–water partition coefficient (Wildman–Crippen LogP) is 4.94. The van der Waals surface area contributed by atoms with Crippen molar-refractivity contribution in [2.45, 2.75) is 10.6 Å². The van der Waals surface area contributed by atoms with Gasteiger partial charge in [-0.3, -0.25) is 0 Å². The topological polar surface area (TPSA) is 50.2 Å². The molecule has 2 aromatic heterocycles. The molecule has 0 bridgehead atoms. The second-order valence-electron chi connectivity index (χ2n) is 4.31. The second kappa shape index (κ2) is 6.05. The molecule has 106 valence electrons. The van der Waals surface area contributed by atoms with Crippen molar-refractivity contribution < 1.29 is 9.90 Å². The van der Waals surface area contributed by atoms with Gasteiger partial charge in [0.05, 0.1) is 5.02 Å². The van der Waals surface area contributed by atoms with Crippen LogP contribution in [0.4, 0.5) is 0 Å². The molecule has 1 N–H and O–H groups in total. The average Bonchev–Trinajstić information content (AvgIpc) is 2.82. The van der Waals surface area contributed by atoms with Crippen LogP contribution in [0.1, 0.15) is 15.4 Å². The Balaban J connectivity index is 1.82. The molecule has 6 heteroatoms. The summed E-state index contributed by atoms with van der Waals surface area (Å²) in [7, 11) is 0. The van der Waals surface area contributed by atoms with E-state index in [0.29, 0.717) is 5.75 Å². The van der Waals surface area contributed by atoms with Crippen molar-refractivity contribution in [3.63, 3.8) is 0 Å².